The van der Waals surface area contributed by atoms with Gasteiger partial charge in [-0.05, 0) is 55.7 Å². The third-order valence-corrected chi connectivity index (χ3v) is 5.62. The first kappa shape index (κ1) is 22.3. The molecule has 0 saturated carbocycles. The third kappa shape index (κ3) is 5.41. The molecule has 6 heteroatoms. The van der Waals surface area contributed by atoms with Crippen molar-refractivity contribution in [2.75, 3.05) is 19.0 Å². The molecular formula is C25H25NO4S. The van der Waals surface area contributed by atoms with Crippen molar-refractivity contribution >= 4 is 34.3 Å². The lowest BCUT2D eigenvalue weighted by molar-refractivity contribution is -0.111. The summed E-state index contributed by atoms with van der Waals surface area (Å²) < 4.78 is 10.4. The second kappa shape index (κ2) is 10.1. The number of nitrogens with one attached hydrogen (secondary N) is 1. The Morgan fingerprint density at radius 2 is 1.81 bits per heavy atom. The monoisotopic (exact) mass is 435 g/mol. The van der Waals surface area contributed by atoms with E-state index in [0.29, 0.717) is 10.6 Å². The predicted octanol–water partition coefficient (Wildman–Crippen LogP) is 5.87. The van der Waals surface area contributed by atoms with Gasteiger partial charge in [0.25, 0.3) is 0 Å². The van der Waals surface area contributed by atoms with Crippen LogP contribution in [0.1, 0.15) is 34.0 Å². The van der Waals surface area contributed by atoms with Gasteiger partial charge in [-0.1, -0.05) is 35.9 Å². The van der Waals surface area contributed by atoms with Crippen molar-refractivity contribution in [1.29, 1.82) is 0 Å². The van der Waals surface area contributed by atoms with Crippen LogP contribution in [0.15, 0.2) is 53.9 Å². The molecule has 0 unspecified atom stereocenters. The third-order valence-electron chi connectivity index (χ3n) is 4.72. The molecule has 1 aromatic heterocycles. The molecule has 0 saturated heterocycles. The molecule has 0 aliphatic heterocycles. The fourth-order valence-electron chi connectivity index (χ4n) is 3.21. The van der Waals surface area contributed by atoms with Crippen LogP contribution in [0, 0.1) is 13.8 Å². The molecule has 3 aromatic rings. The SMILES string of the molecule is CCOC(=O)c1c(-c2ccc(C)cc2C)csc1NC(=O)/C=C/c1ccc(OC)cc1. The van der Waals surface area contributed by atoms with Gasteiger partial charge in [0.2, 0.25) is 5.91 Å². The lowest BCUT2D eigenvalue weighted by Crippen LogP contribution is -2.12. The molecule has 0 aliphatic carbocycles. The zero-order chi connectivity index (χ0) is 22.4. The number of aryl methyl sites for hydroxylation is 2. The molecule has 0 spiro atoms. The number of hydrogen-bond donors (Lipinski definition) is 1. The number of methoxy groups -OCH3 is 1. The summed E-state index contributed by atoms with van der Waals surface area (Å²) in [6.07, 6.45) is 3.14. The van der Waals surface area contributed by atoms with Crippen molar-refractivity contribution in [1.82, 2.24) is 0 Å². The lowest BCUT2D eigenvalue weighted by Gasteiger charge is -2.10. The molecule has 5 nitrogen and oxygen atoms in total. The molecule has 0 bridgehead atoms. The number of carbonyl (C=O) groups excluding carboxylic acids is 2. The fraction of sp³-hybridized carbons (Fsp3) is 0.200. The molecular weight excluding hydrogens is 410 g/mol. The van der Waals surface area contributed by atoms with Crippen LogP contribution in [0.4, 0.5) is 5.00 Å². The van der Waals surface area contributed by atoms with Crippen molar-refractivity contribution in [3.05, 3.63) is 76.2 Å². The summed E-state index contributed by atoms with van der Waals surface area (Å²) in [6.45, 7) is 6.05. The second-order valence-electron chi connectivity index (χ2n) is 6.99. The van der Waals surface area contributed by atoms with Crippen molar-refractivity contribution < 1.29 is 19.1 Å². The average molecular weight is 436 g/mol. The minimum Gasteiger partial charge on any atom is -0.497 e. The van der Waals surface area contributed by atoms with E-state index in [1.807, 2.05) is 55.6 Å². The number of esters is 1. The van der Waals surface area contributed by atoms with E-state index >= 15 is 0 Å². The summed E-state index contributed by atoms with van der Waals surface area (Å²) in [5.74, 6) is -0.0262. The molecule has 1 heterocycles. The molecule has 0 fully saturated rings. The standard InChI is InChI=1S/C25H25NO4S/c1-5-30-25(28)23-21(20-12-6-16(2)14-17(20)3)15-31-24(23)26-22(27)13-9-18-7-10-19(29-4)11-8-18/h6-15H,5H2,1-4H3,(H,26,27)/b13-9+. The molecule has 160 valence electrons. The Morgan fingerprint density at radius 3 is 2.45 bits per heavy atom. The Labute approximate surface area is 186 Å². The number of amides is 1. The van der Waals surface area contributed by atoms with Crippen LogP contribution in [-0.2, 0) is 9.53 Å². The highest BCUT2D eigenvalue weighted by molar-refractivity contribution is 7.15. The molecule has 3 rings (SSSR count). The van der Waals surface area contributed by atoms with E-state index in [-0.39, 0.29) is 12.5 Å². The second-order valence-corrected chi connectivity index (χ2v) is 7.87. The van der Waals surface area contributed by atoms with Crippen molar-refractivity contribution in [3.8, 4) is 16.9 Å². The Bertz CT molecular complexity index is 1110. The summed E-state index contributed by atoms with van der Waals surface area (Å²) >= 11 is 1.31. The summed E-state index contributed by atoms with van der Waals surface area (Å²) in [4.78, 5) is 25.3. The van der Waals surface area contributed by atoms with Crippen molar-refractivity contribution in [3.63, 3.8) is 0 Å². The minimum atomic E-state index is -0.451. The maximum Gasteiger partial charge on any atom is 0.341 e. The van der Waals surface area contributed by atoms with Gasteiger partial charge >= 0.3 is 5.97 Å². The van der Waals surface area contributed by atoms with Gasteiger partial charge < -0.3 is 14.8 Å². The Balaban J connectivity index is 1.87. The number of ether oxygens (including phenoxy) is 2. The Hall–Kier alpha value is -3.38. The van der Waals surface area contributed by atoms with Crippen molar-refractivity contribution in [2.45, 2.75) is 20.8 Å². The quantitative estimate of drug-likeness (QED) is 0.372. The normalized spacial score (nSPS) is 10.8. The van der Waals surface area contributed by atoms with E-state index in [2.05, 4.69) is 11.4 Å². The maximum absolute atomic E-state index is 12.7. The minimum absolute atomic E-state index is 0.256. The highest BCUT2D eigenvalue weighted by Crippen LogP contribution is 2.38. The summed E-state index contributed by atoms with van der Waals surface area (Å²) in [6, 6.07) is 13.4. The fourth-order valence-corrected chi connectivity index (χ4v) is 4.16. The molecule has 1 amide bonds. The first-order chi connectivity index (χ1) is 14.9. The van der Waals surface area contributed by atoms with Crippen LogP contribution in [0.5, 0.6) is 5.75 Å². The van der Waals surface area contributed by atoms with Crippen LogP contribution in [-0.4, -0.2) is 25.6 Å². The van der Waals surface area contributed by atoms with Crippen LogP contribution in [0.2, 0.25) is 0 Å². The first-order valence-electron chi connectivity index (χ1n) is 9.92. The lowest BCUT2D eigenvalue weighted by atomic mass is 9.97. The first-order valence-corrected chi connectivity index (χ1v) is 10.8. The van der Waals surface area contributed by atoms with Gasteiger partial charge in [0.15, 0.2) is 0 Å². The van der Waals surface area contributed by atoms with Gasteiger partial charge in [-0.2, -0.15) is 0 Å². The van der Waals surface area contributed by atoms with E-state index in [1.165, 1.54) is 17.4 Å². The van der Waals surface area contributed by atoms with Gasteiger partial charge in [0.1, 0.15) is 16.3 Å². The maximum atomic E-state index is 12.7. The number of benzene rings is 2. The highest BCUT2D eigenvalue weighted by Gasteiger charge is 2.23. The van der Waals surface area contributed by atoms with E-state index < -0.39 is 5.97 Å². The average Bonchev–Trinajstić information content (AvgIpc) is 3.16. The Kier molecular flexibility index (Phi) is 7.26. The summed E-state index contributed by atoms with van der Waals surface area (Å²) in [5, 5.41) is 5.18. The molecule has 2 aromatic carbocycles. The topological polar surface area (TPSA) is 64.6 Å². The molecule has 1 N–H and O–H groups in total. The predicted molar refractivity (Wildman–Crippen MR) is 126 cm³/mol. The van der Waals surface area contributed by atoms with E-state index in [1.54, 1.807) is 20.1 Å². The van der Waals surface area contributed by atoms with Crippen LogP contribution < -0.4 is 10.1 Å². The molecule has 0 atom stereocenters. The van der Waals surface area contributed by atoms with Crippen LogP contribution in [0.25, 0.3) is 17.2 Å². The largest absolute Gasteiger partial charge is 0.497 e. The Morgan fingerprint density at radius 1 is 1.06 bits per heavy atom. The highest BCUT2D eigenvalue weighted by atomic mass is 32.1. The molecule has 0 aliphatic rings. The summed E-state index contributed by atoms with van der Waals surface area (Å²) in [7, 11) is 1.60. The zero-order valence-corrected chi connectivity index (χ0v) is 18.8. The molecule has 0 radical (unpaired) electrons. The summed E-state index contributed by atoms with van der Waals surface area (Å²) in [5.41, 5.74) is 5.15. The van der Waals surface area contributed by atoms with E-state index in [9.17, 15) is 9.59 Å². The van der Waals surface area contributed by atoms with Gasteiger partial charge in [-0.3, -0.25) is 4.79 Å². The number of carbonyl (C=O) groups is 2. The number of rotatable bonds is 7. The van der Waals surface area contributed by atoms with Gasteiger partial charge in [-0.25, -0.2) is 4.79 Å². The van der Waals surface area contributed by atoms with Gasteiger partial charge in [0.05, 0.1) is 13.7 Å². The number of thiophene rings is 1. The van der Waals surface area contributed by atoms with Gasteiger partial charge in [-0.15, -0.1) is 11.3 Å². The van der Waals surface area contributed by atoms with Crippen LogP contribution >= 0.6 is 11.3 Å². The van der Waals surface area contributed by atoms with Crippen LogP contribution in [0.3, 0.4) is 0 Å². The van der Waals surface area contributed by atoms with E-state index in [0.717, 1.165) is 33.6 Å². The number of anilines is 1. The van der Waals surface area contributed by atoms with E-state index in [4.69, 9.17) is 9.47 Å². The van der Waals surface area contributed by atoms with Gasteiger partial charge in [0, 0.05) is 17.0 Å². The van der Waals surface area contributed by atoms with Crippen molar-refractivity contribution in [2.24, 2.45) is 0 Å². The number of hydrogen-bond acceptors (Lipinski definition) is 5. The zero-order valence-electron chi connectivity index (χ0n) is 18.0. The smallest absolute Gasteiger partial charge is 0.341 e. The molecule has 31 heavy (non-hydrogen) atoms.